The van der Waals surface area contributed by atoms with E-state index < -0.39 is 15.9 Å². The number of benzene rings is 1. The van der Waals surface area contributed by atoms with Crippen LogP contribution in [0.25, 0.3) is 0 Å². The monoisotopic (exact) mass is 364 g/mol. The van der Waals surface area contributed by atoms with Gasteiger partial charge in [-0.05, 0) is 50.1 Å². The summed E-state index contributed by atoms with van der Waals surface area (Å²) in [5.41, 5.74) is 0.232. The summed E-state index contributed by atoms with van der Waals surface area (Å²) in [7, 11) is -2.35. The molecule has 1 aliphatic rings. The smallest absolute Gasteiger partial charge is 0.251 e. The Morgan fingerprint density at radius 3 is 2.68 bits per heavy atom. The van der Waals surface area contributed by atoms with Gasteiger partial charge in [-0.2, -0.15) is 0 Å². The van der Waals surface area contributed by atoms with Gasteiger partial charge in [0.25, 0.3) is 5.91 Å². The molecular weight excluding hydrogens is 344 g/mol. The van der Waals surface area contributed by atoms with Gasteiger partial charge in [0.1, 0.15) is 16.4 Å². The molecule has 7 nitrogen and oxygen atoms in total. The summed E-state index contributed by atoms with van der Waals surface area (Å²) < 4.78 is 38.0. The second kappa shape index (κ2) is 6.89. The molecule has 0 unspecified atom stereocenters. The first-order valence-electron chi connectivity index (χ1n) is 7.95. The van der Waals surface area contributed by atoms with Crippen LogP contribution in [0.1, 0.15) is 41.9 Å². The number of carbonyl (C=O) groups excluding carboxylic acids is 1. The van der Waals surface area contributed by atoms with Crippen LogP contribution in [0.3, 0.4) is 0 Å². The summed E-state index contributed by atoms with van der Waals surface area (Å²) in [4.78, 5) is 12.4. The summed E-state index contributed by atoms with van der Waals surface area (Å²) in [5, 5.41) is 2.78. The average molecular weight is 364 g/mol. The molecule has 1 atom stereocenters. The molecule has 25 heavy (non-hydrogen) atoms. The Balaban J connectivity index is 1.84. The van der Waals surface area contributed by atoms with Crippen molar-refractivity contribution in [2.75, 3.05) is 7.11 Å². The van der Waals surface area contributed by atoms with Crippen LogP contribution in [0.5, 0.6) is 5.75 Å². The van der Waals surface area contributed by atoms with E-state index in [-0.39, 0.29) is 28.3 Å². The third kappa shape index (κ3) is 4.02. The van der Waals surface area contributed by atoms with Crippen molar-refractivity contribution in [1.82, 2.24) is 10.0 Å². The third-order valence-electron chi connectivity index (χ3n) is 3.93. The summed E-state index contributed by atoms with van der Waals surface area (Å²) in [6.07, 6.45) is 3.17. The number of methoxy groups -OCH3 is 1. The van der Waals surface area contributed by atoms with Crippen LogP contribution < -0.4 is 14.8 Å². The Morgan fingerprint density at radius 1 is 1.32 bits per heavy atom. The highest BCUT2D eigenvalue weighted by atomic mass is 32.2. The fraction of sp³-hybridized carbons (Fsp3) is 0.353. The van der Waals surface area contributed by atoms with Crippen molar-refractivity contribution >= 4 is 15.9 Å². The number of furan rings is 1. The van der Waals surface area contributed by atoms with E-state index in [2.05, 4.69) is 10.0 Å². The molecule has 1 aliphatic carbocycles. The molecule has 0 radical (unpaired) electrons. The van der Waals surface area contributed by atoms with Crippen LogP contribution in [-0.4, -0.2) is 27.5 Å². The van der Waals surface area contributed by atoms with Gasteiger partial charge in [0, 0.05) is 11.6 Å². The van der Waals surface area contributed by atoms with Crippen molar-refractivity contribution in [2.24, 2.45) is 0 Å². The summed E-state index contributed by atoms with van der Waals surface area (Å²) in [5.74, 6) is 0.420. The standard InChI is InChI=1S/C17H20N2O5S/c1-11(14-4-3-9-24-14)18-17(20)12-5-8-15(23-2)16(10-12)25(21,22)19-13-6-7-13/h3-5,8-11,13,19H,6-7H2,1-2H3,(H,18,20)/t11-/m1/s1. The van der Waals surface area contributed by atoms with Crippen LogP contribution in [0.15, 0.2) is 45.9 Å². The first-order chi connectivity index (χ1) is 11.9. The fourth-order valence-corrected chi connectivity index (χ4v) is 3.90. The number of sulfonamides is 1. The zero-order valence-corrected chi connectivity index (χ0v) is 14.8. The van der Waals surface area contributed by atoms with E-state index in [4.69, 9.17) is 9.15 Å². The average Bonchev–Trinajstić information content (AvgIpc) is 3.21. The molecule has 1 amide bonds. The van der Waals surface area contributed by atoms with Crippen molar-refractivity contribution < 1.29 is 22.4 Å². The summed E-state index contributed by atoms with van der Waals surface area (Å²) >= 11 is 0. The second-order valence-corrected chi connectivity index (χ2v) is 7.65. The highest BCUT2D eigenvalue weighted by Gasteiger charge is 2.30. The van der Waals surface area contributed by atoms with E-state index in [1.165, 1.54) is 31.6 Å². The molecule has 0 spiro atoms. The normalized spacial score (nSPS) is 15.6. The van der Waals surface area contributed by atoms with Gasteiger partial charge < -0.3 is 14.5 Å². The second-order valence-electron chi connectivity index (χ2n) is 5.97. The van der Waals surface area contributed by atoms with Crippen LogP contribution in [0, 0.1) is 0 Å². The highest BCUT2D eigenvalue weighted by molar-refractivity contribution is 7.89. The molecule has 1 aromatic carbocycles. The molecule has 1 fully saturated rings. The number of carbonyl (C=O) groups is 1. The van der Waals surface area contributed by atoms with E-state index in [1.54, 1.807) is 19.1 Å². The number of hydrogen-bond donors (Lipinski definition) is 2. The zero-order valence-electron chi connectivity index (χ0n) is 14.0. The van der Waals surface area contributed by atoms with E-state index in [0.29, 0.717) is 5.76 Å². The van der Waals surface area contributed by atoms with Gasteiger partial charge in [-0.1, -0.05) is 0 Å². The zero-order chi connectivity index (χ0) is 18.0. The lowest BCUT2D eigenvalue weighted by Crippen LogP contribution is -2.28. The van der Waals surface area contributed by atoms with Gasteiger partial charge >= 0.3 is 0 Å². The van der Waals surface area contributed by atoms with Crippen molar-refractivity contribution in [1.29, 1.82) is 0 Å². The third-order valence-corrected chi connectivity index (χ3v) is 5.47. The molecule has 0 bridgehead atoms. The van der Waals surface area contributed by atoms with Gasteiger partial charge in [0.05, 0.1) is 19.4 Å². The van der Waals surface area contributed by atoms with Gasteiger partial charge in [0.2, 0.25) is 10.0 Å². The molecule has 8 heteroatoms. The van der Waals surface area contributed by atoms with Gasteiger partial charge in [0.15, 0.2) is 0 Å². The molecule has 0 saturated heterocycles. The SMILES string of the molecule is COc1ccc(C(=O)N[C@H](C)c2ccco2)cc1S(=O)(=O)NC1CC1. The molecule has 2 aromatic rings. The topological polar surface area (TPSA) is 97.6 Å². The lowest BCUT2D eigenvalue weighted by atomic mass is 10.1. The molecule has 1 heterocycles. The Bertz CT molecular complexity index is 857. The Labute approximate surface area is 146 Å². The predicted octanol–water partition coefficient (Wildman–Crippen LogP) is 2.22. The maximum Gasteiger partial charge on any atom is 0.251 e. The number of ether oxygens (including phenoxy) is 1. The molecule has 0 aliphatic heterocycles. The van der Waals surface area contributed by atoms with E-state index >= 15 is 0 Å². The van der Waals surface area contributed by atoms with Gasteiger partial charge in [-0.3, -0.25) is 4.79 Å². The minimum Gasteiger partial charge on any atom is -0.495 e. The van der Waals surface area contributed by atoms with Gasteiger partial charge in [-0.15, -0.1) is 0 Å². The molecule has 134 valence electrons. The minimum absolute atomic E-state index is 0.0360. The highest BCUT2D eigenvalue weighted by Crippen LogP contribution is 2.28. The number of hydrogen-bond acceptors (Lipinski definition) is 5. The number of rotatable bonds is 7. The van der Waals surface area contributed by atoms with Crippen molar-refractivity contribution in [3.63, 3.8) is 0 Å². The Kier molecular flexibility index (Phi) is 4.82. The van der Waals surface area contributed by atoms with E-state index in [1.807, 2.05) is 0 Å². The summed E-state index contributed by atoms with van der Waals surface area (Å²) in [6, 6.07) is 7.45. The molecule has 1 aromatic heterocycles. The van der Waals surface area contributed by atoms with E-state index in [0.717, 1.165) is 12.8 Å². The lowest BCUT2D eigenvalue weighted by molar-refractivity contribution is 0.0935. The summed E-state index contributed by atoms with van der Waals surface area (Å²) in [6.45, 7) is 1.78. The van der Waals surface area contributed by atoms with E-state index in [9.17, 15) is 13.2 Å². The Hall–Kier alpha value is -2.32. The predicted molar refractivity (Wildman–Crippen MR) is 90.9 cm³/mol. The lowest BCUT2D eigenvalue weighted by Gasteiger charge is -2.14. The number of amides is 1. The van der Waals surface area contributed by atoms with Crippen LogP contribution in [0.2, 0.25) is 0 Å². The maximum atomic E-state index is 12.5. The molecule has 1 saturated carbocycles. The van der Waals surface area contributed by atoms with Crippen LogP contribution in [-0.2, 0) is 10.0 Å². The van der Waals surface area contributed by atoms with Gasteiger partial charge in [-0.25, -0.2) is 13.1 Å². The first kappa shape index (κ1) is 17.5. The van der Waals surface area contributed by atoms with Crippen molar-refractivity contribution in [3.05, 3.63) is 47.9 Å². The molecule has 2 N–H and O–H groups in total. The van der Waals surface area contributed by atoms with Crippen molar-refractivity contribution in [3.8, 4) is 5.75 Å². The quantitative estimate of drug-likeness (QED) is 0.785. The van der Waals surface area contributed by atoms with Crippen LogP contribution in [0.4, 0.5) is 0 Å². The van der Waals surface area contributed by atoms with Crippen molar-refractivity contribution in [2.45, 2.75) is 36.7 Å². The first-order valence-corrected chi connectivity index (χ1v) is 9.43. The Morgan fingerprint density at radius 2 is 2.08 bits per heavy atom. The number of nitrogens with one attached hydrogen (secondary N) is 2. The molecular formula is C17H20N2O5S. The maximum absolute atomic E-state index is 12.5. The largest absolute Gasteiger partial charge is 0.495 e. The molecule has 3 rings (SSSR count). The minimum atomic E-state index is -3.74. The van der Waals surface area contributed by atoms with Crippen LogP contribution >= 0.6 is 0 Å². The fourth-order valence-electron chi connectivity index (χ4n) is 2.40.